The van der Waals surface area contributed by atoms with E-state index in [1.807, 2.05) is 9.58 Å². The molecule has 1 aromatic heterocycles. The summed E-state index contributed by atoms with van der Waals surface area (Å²) in [5.74, 6) is 0.644. The van der Waals surface area contributed by atoms with E-state index in [0.29, 0.717) is 31.2 Å². The fourth-order valence-electron chi connectivity index (χ4n) is 3.75. The quantitative estimate of drug-likeness (QED) is 0.838. The van der Waals surface area contributed by atoms with Crippen LogP contribution in [0, 0.1) is 5.92 Å². The summed E-state index contributed by atoms with van der Waals surface area (Å²) in [5.41, 5.74) is 0. The third kappa shape index (κ3) is 4.47. The van der Waals surface area contributed by atoms with Gasteiger partial charge in [-0.05, 0) is 31.6 Å². The molecule has 7 heteroatoms. The van der Waals surface area contributed by atoms with Crippen molar-refractivity contribution in [1.82, 2.24) is 25.0 Å². The highest BCUT2D eigenvalue weighted by Crippen LogP contribution is 2.26. The molecule has 2 atom stereocenters. The van der Waals surface area contributed by atoms with Gasteiger partial charge in [0, 0.05) is 19.6 Å². The number of nitrogens with zero attached hydrogens (tertiary/aromatic N) is 4. The Morgan fingerprint density at radius 3 is 2.75 bits per heavy atom. The summed E-state index contributed by atoms with van der Waals surface area (Å²) in [6, 6.07) is 0.375. The third-order valence-corrected chi connectivity index (χ3v) is 5.31. The highest BCUT2D eigenvalue weighted by molar-refractivity contribution is 5.74. The number of piperidine rings is 1. The van der Waals surface area contributed by atoms with Gasteiger partial charge in [-0.3, -0.25) is 0 Å². The Labute approximate surface area is 143 Å². The van der Waals surface area contributed by atoms with Crippen LogP contribution < -0.4 is 5.32 Å². The minimum Gasteiger partial charge on any atom is -0.376 e. The molecule has 0 aromatic carbocycles. The number of rotatable bonds is 5. The summed E-state index contributed by atoms with van der Waals surface area (Å²) in [7, 11) is 0. The van der Waals surface area contributed by atoms with Crippen LogP contribution in [-0.2, 0) is 4.74 Å². The zero-order valence-electron chi connectivity index (χ0n) is 14.6. The van der Waals surface area contributed by atoms with Crippen molar-refractivity contribution < 1.29 is 9.53 Å². The van der Waals surface area contributed by atoms with Gasteiger partial charge < -0.3 is 15.0 Å². The number of hydrogen-bond acceptors (Lipinski definition) is 4. The van der Waals surface area contributed by atoms with Gasteiger partial charge in [0.15, 0.2) is 0 Å². The number of urea groups is 1. The van der Waals surface area contributed by atoms with Crippen molar-refractivity contribution in [1.29, 1.82) is 0 Å². The maximum atomic E-state index is 12.2. The molecule has 1 saturated carbocycles. The second kappa shape index (κ2) is 8.46. The van der Waals surface area contributed by atoms with Gasteiger partial charge in [0.2, 0.25) is 0 Å². The van der Waals surface area contributed by atoms with Crippen molar-refractivity contribution >= 4 is 6.03 Å². The first kappa shape index (κ1) is 17.2. The van der Waals surface area contributed by atoms with Gasteiger partial charge in [0.05, 0.1) is 18.8 Å². The van der Waals surface area contributed by atoms with Gasteiger partial charge in [-0.2, -0.15) is 5.10 Å². The predicted octanol–water partition coefficient (Wildman–Crippen LogP) is 2.22. The molecular formula is C17H29N5O2. The zero-order valence-corrected chi connectivity index (χ0v) is 14.6. The minimum atomic E-state index is 0.0207. The van der Waals surface area contributed by atoms with E-state index < -0.39 is 0 Å². The molecule has 1 saturated heterocycles. The highest BCUT2D eigenvalue weighted by atomic mass is 16.5. The number of nitrogens with one attached hydrogen (secondary N) is 1. The van der Waals surface area contributed by atoms with Crippen LogP contribution in [0.25, 0.3) is 0 Å². The summed E-state index contributed by atoms with van der Waals surface area (Å²) in [5, 5.41) is 7.17. The lowest BCUT2D eigenvalue weighted by atomic mass is 9.88. The van der Waals surface area contributed by atoms with E-state index in [2.05, 4.69) is 22.3 Å². The van der Waals surface area contributed by atoms with Gasteiger partial charge in [-0.25, -0.2) is 14.5 Å². The van der Waals surface area contributed by atoms with Crippen LogP contribution in [-0.4, -0.2) is 58.0 Å². The number of carbonyl (C=O) groups excluding carboxylic acids is 1. The van der Waals surface area contributed by atoms with E-state index in [-0.39, 0.29) is 6.03 Å². The molecule has 1 aliphatic heterocycles. The van der Waals surface area contributed by atoms with Gasteiger partial charge in [0.25, 0.3) is 0 Å². The van der Waals surface area contributed by atoms with Crippen LogP contribution in [0.1, 0.15) is 51.5 Å². The van der Waals surface area contributed by atoms with Gasteiger partial charge in [0.1, 0.15) is 12.7 Å². The number of aromatic nitrogens is 3. The molecule has 0 bridgehead atoms. The predicted molar refractivity (Wildman–Crippen MR) is 90.6 cm³/mol. The summed E-state index contributed by atoms with van der Waals surface area (Å²) in [4.78, 5) is 18.1. The topological polar surface area (TPSA) is 72.3 Å². The Morgan fingerprint density at radius 2 is 2.04 bits per heavy atom. The molecule has 24 heavy (non-hydrogen) atoms. The molecule has 2 heterocycles. The molecule has 1 aromatic rings. The van der Waals surface area contributed by atoms with Crippen molar-refractivity contribution in [2.75, 3.05) is 26.2 Å². The highest BCUT2D eigenvalue weighted by Gasteiger charge is 2.24. The van der Waals surface area contributed by atoms with Gasteiger partial charge in [-0.1, -0.05) is 19.8 Å². The Hall–Kier alpha value is -1.63. The van der Waals surface area contributed by atoms with E-state index in [1.165, 1.54) is 19.3 Å². The smallest absolute Gasteiger partial charge is 0.317 e. The first-order valence-electron chi connectivity index (χ1n) is 9.22. The fourth-order valence-corrected chi connectivity index (χ4v) is 3.75. The first-order valence-corrected chi connectivity index (χ1v) is 9.22. The van der Waals surface area contributed by atoms with E-state index >= 15 is 0 Å². The van der Waals surface area contributed by atoms with Gasteiger partial charge in [-0.15, -0.1) is 0 Å². The molecular weight excluding hydrogens is 306 g/mol. The summed E-state index contributed by atoms with van der Waals surface area (Å²) < 4.78 is 7.84. The van der Waals surface area contributed by atoms with E-state index in [4.69, 9.17) is 4.74 Å². The maximum Gasteiger partial charge on any atom is 0.317 e. The molecule has 1 aliphatic carbocycles. The van der Waals surface area contributed by atoms with E-state index in [9.17, 15) is 4.79 Å². The number of amides is 2. The van der Waals surface area contributed by atoms with Crippen LogP contribution in [0.2, 0.25) is 0 Å². The van der Waals surface area contributed by atoms with Crippen LogP contribution in [0.15, 0.2) is 12.7 Å². The lowest BCUT2D eigenvalue weighted by Crippen LogP contribution is -2.45. The molecule has 2 amide bonds. The molecule has 7 nitrogen and oxygen atoms in total. The van der Waals surface area contributed by atoms with Crippen LogP contribution in [0.5, 0.6) is 0 Å². The first-order chi connectivity index (χ1) is 11.7. The average molecular weight is 335 g/mol. The number of carbonyl (C=O) groups is 1. The van der Waals surface area contributed by atoms with E-state index in [1.54, 1.807) is 12.7 Å². The molecule has 2 fully saturated rings. The van der Waals surface area contributed by atoms with Gasteiger partial charge >= 0.3 is 6.03 Å². The largest absolute Gasteiger partial charge is 0.376 e. The van der Waals surface area contributed by atoms with Crippen molar-refractivity contribution in [3.05, 3.63) is 12.7 Å². The molecule has 3 rings (SSSR count). The number of hydrogen-bond donors (Lipinski definition) is 1. The van der Waals surface area contributed by atoms with Crippen LogP contribution in [0.4, 0.5) is 4.79 Å². The zero-order chi connectivity index (χ0) is 16.8. The SMILES string of the molecule is CC1CCCCC1OCCNC(=O)N1CCC(n2cncn2)CC1. The summed E-state index contributed by atoms with van der Waals surface area (Å²) >= 11 is 0. The molecule has 2 aliphatic rings. The summed E-state index contributed by atoms with van der Waals surface area (Å²) in [6.45, 7) is 4.98. The van der Waals surface area contributed by atoms with Crippen molar-refractivity contribution in [3.8, 4) is 0 Å². The summed E-state index contributed by atoms with van der Waals surface area (Å²) in [6.07, 6.45) is 10.5. The Kier molecular flexibility index (Phi) is 6.07. The van der Waals surface area contributed by atoms with Crippen molar-refractivity contribution in [3.63, 3.8) is 0 Å². The number of ether oxygens (including phenoxy) is 1. The van der Waals surface area contributed by atoms with Crippen LogP contribution in [0.3, 0.4) is 0 Å². The van der Waals surface area contributed by atoms with Crippen molar-refractivity contribution in [2.24, 2.45) is 5.92 Å². The lowest BCUT2D eigenvalue weighted by molar-refractivity contribution is -0.00279. The van der Waals surface area contributed by atoms with E-state index in [0.717, 1.165) is 32.4 Å². The second-order valence-corrected chi connectivity index (χ2v) is 7.00. The maximum absolute atomic E-state index is 12.2. The van der Waals surface area contributed by atoms with Crippen molar-refractivity contribution in [2.45, 2.75) is 57.6 Å². The molecule has 134 valence electrons. The monoisotopic (exact) mass is 335 g/mol. The van der Waals surface area contributed by atoms with Crippen LogP contribution >= 0.6 is 0 Å². The lowest BCUT2D eigenvalue weighted by Gasteiger charge is -2.32. The standard InChI is InChI=1S/C17H29N5O2/c1-14-4-2-3-5-16(14)24-11-8-19-17(23)21-9-6-15(7-10-21)22-13-18-12-20-22/h12-16H,2-11H2,1H3,(H,19,23). The molecule has 1 N–H and O–H groups in total. The fraction of sp³-hybridized carbons (Fsp3) is 0.824. The third-order valence-electron chi connectivity index (χ3n) is 5.31. The Balaban J connectivity index is 1.31. The molecule has 2 unspecified atom stereocenters. The normalized spacial score (nSPS) is 25.6. The number of likely N-dealkylation sites (tertiary alicyclic amines) is 1. The minimum absolute atomic E-state index is 0.0207. The second-order valence-electron chi connectivity index (χ2n) is 7.00. The Morgan fingerprint density at radius 1 is 1.25 bits per heavy atom. The average Bonchev–Trinajstić information content (AvgIpc) is 3.15. The molecule has 0 radical (unpaired) electrons. The molecule has 0 spiro atoms. The Bertz CT molecular complexity index is 499.